The van der Waals surface area contributed by atoms with Crippen LogP contribution < -0.4 is 0 Å². The maximum Gasteiger partial charge on any atom is 0.338 e. The van der Waals surface area contributed by atoms with Gasteiger partial charge in [0, 0.05) is 18.6 Å². The lowest BCUT2D eigenvalue weighted by molar-refractivity contribution is 0.0597. The molecule has 1 unspecified atom stereocenters. The monoisotopic (exact) mass is 323 g/mol. The van der Waals surface area contributed by atoms with E-state index in [2.05, 4.69) is 4.90 Å². The summed E-state index contributed by atoms with van der Waals surface area (Å²) in [6, 6.07) is 7.92. The van der Waals surface area contributed by atoms with Crippen molar-refractivity contribution < 1.29 is 17.9 Å². The van der Waals surface area contributed by atoms with Gasteiger partial charge in [0.25, 0.3) is 0 Å². The maximum atomic E-state index is 11.9. The van der Waals surface area contributed by atoms with Crippen LogP contribution in [0.5, 0.6) is 0 Å². The van der Waals surface area contributed by atoms with E-state index in [-0.39, 0.29) is 23.5 Å². The smallest absolute Gasteiger partial charge is 0.338 e. The molecule has 6 heteroatoms. The third-order valence-electron chi connectivity index (χ3n) is 4.47. The number of sulfone groups is 1. The van der Waals surface area contributed by atoms with Crippen molar-refractivity contribution in [1.82, 2.24) is 4.90 Å². The van der Waals surface area contributed by atoms with E-state index in [1.165, 1.54) is 7.11 Å². The second kappa shape index (κ2) is 6.01. The van der Waals surface area contributed by atoms with E-state index < -0.39 is 9.84 Å². The average molecular weight is 323 g/mol. The highest BCUT2D eigenvalue weighted by Gasteiger charge is 2.39. The molecular weight excluding hydrogens is 302 g/mol. The van der Waals surface area contributed by atoms with Crippen molar-refractivity contribution in [2.24, 2.45) is 0 Å². The summed E-state index contributed by atoms with van der Waals surface area (Å²) in [4.78, 5) is 14.2. The van der Waals surface area contributed by atoms with Crippen LogP contribution in [0.3, 0.4) is 0 Å². The van der Waals surface area contributed by atoms with Crippen molar-refractivity contribution in [3.63, 3.8) is 0 Å². The van der Waals surface area contributed by atoms with Crippen LogP contribution in [0.25, 0.3) is 0 Å². The van der Waals surface area contributed by atoms with Crippen LogP contribution in [0.2, 0.25) is 0 Å². The van der Waals surface area contributed by atoms with E-state index in [1.54, 1.807) is 6.07 Å². The number of rotatable bonds is 5. The van der Waals surface area contributed by atoms with Gasteiger partial charge >= 0.3 is 5.97 Å². The molecule has 120 valence electrons. The normalized spacial score (nSPS) is 23.6. The highest BCUT2D eigenvalue weighted by molar-refractivity contribution is 7.91. The molecule has 0 bridgehead atoms. The number of hydrogen-bond acceptors (Lipinski definition) is 5. The minimum atomic E-state index is -2.90. The van der Waals surface area contributed by atoms with E-state index in [0.29, 0.717) is 24.6 Å². The summed E-state index contributed by atoms with van der Waals surface area (Å²) in [5.74, 6) is 0.175. The van der Waals surface area contributed by atoms with Crippen LogP contribution in [0.4, 0.5) is 0 Å². The molecule has 0 radical (unpaired) electrons. The fourth-order valence-corrected chi connectivity index (χ4v) is 4.91. The molecule has 1 saturated carbocycles. The van der Waals surface area contributed by atoms with Gasteiger partial charge in [-0.25, -0.2) is 13.2 Å². The zero-order chi connectivity index (χ0) is 15.7. The van der Waals surface area contributed by atoms with E-state index in [1.807, 2.05) is 18.2 Å². The number of methoxy groups -OCH3 is 1. The molecule has 5 nitrogen and oxygen atoms in total. The summed E-state index contributed by atoms with van der Waals surface area (Å²) < 4.78 is 28.4. The van der Waals surface area contributed by atoms with Crippen molar-refractivity contribution in [2.75, 3.05) is 18.6 Å². The van der Waals surface area contributed by atoms with E-state index in [0.717, 1.165) is 18.4 Å². The first-order valence-corrected chi connectivity index (χ1v) is 9.45. The summed E-state index contributed by atoms with van der Waals surface area (Å²) in [5, 5.41) is 0. The molecule has 1 atom stereocenters. The third-order valence-corrected chi connectivity index (χ3v) is 6.22. The number of benzene rings is 1. The van der Waals surface area contributed by atoms with Crippen LogP contribution in [0, 0.1) is 0 Å². The predicted octanol–water partition coefficient (Wildman–Crippen LogP) is 1.62. The second-order valence-electron chi connectivity index (χ2n) is 6.11. The molecule has 0 N–H and O–H groups in total. The maximum absolute atomic E-state index is 11.9. The summed E-state index contributed by atoms with van der Waals surface area (Å²) >= 11 is 0. The van der Waals surface area contributed by atoms with Gasteiger partial charge in [-0.2, -0.15) is 0 Å². The van der Waals surface area contributed by atoms with Gasteiger partial charge in [0.15, 0.2) is 9.84 Å². The van der Waals surface area contributed by atoms with Crippen LogP contribution >= 0.6 is 0 Å². The summed E-state index contributed by atoms with van der Waals surface area (Å²) in [6.45, 7) is 0.607. The number of hydrogen-bond donors (Lipinski definition) is 0. The molecule has 3 rings (SSSR count). The SMILES string of the molecule is COC(=O)c1ccccc1CN(C1CC1)C1CCS(=O)(=O)C1. The summed E-state index contributed by atoms with van der Waals surface area (Å²) in [5.41, 5.74) is 1.47. The Bertz CT molecular complexity index is 666. The molecular formula is C16H21NO4S. The first-order chi connectivity index (χ1) is 10.5. The highest BCUT2D eigenvalue weighted by Crippen LogP contribution is 2.34. The molecule has 1 aromatic carbocycles. The lowest BCUT2D eigenvalue weighted by Crippen LogP contribution is -2.37. The van der Waals surface area contributed by atoms with Crippen LogP contribution in [-0.2, 0) is 21.1 Å². The van der Waals surface area contributed by atoms with Gasteiger partial charge in [0.2, 0.25) is 0 Å². The molecule has 1 saturated heterocycles. The molecule has 1 aliphatic heterocycles. The van der Waals surface area contributed by atoms with Gasteiger partial charge in [-0.15, -0.1) is 0 Å². The molecule has 0 spiro atoms. The lowest BCUT2D eigenvalue weighted by atomic mass is 10.1. The van der Waals surface area contributed by atoms with Crippen molar-refractivity contribution in [3.05, 3.63) is 35.4 Å². The number of ether oxygens (including phenoxy) is 1. The first-order valence-electron chi connectivity index (χ1n) is 7.62. The van der Waals surface area contributed by atoms with E-state index >= 15 is 0 Å². The molecule has 2 aliphatic rings. The molecule has 0 aromatic heterocycles. The third kappa shape index (κ3) is 3.33. The van der Waals surface area contributed by atoms with Crippen LogP contribution in [0.15, 0.2) is 24.3 Å². The van der Waals surface area contributed by atoms with Gasteiger partial charge in [0.1, 0.15) is 0 Å². The number of nitrogens with zero attached hydrogens (tertiary/aromatic N) is 1. The Hall–Kier alpha value is -1.40. The standard InChI is InChI=1S/C16H21NO4S/c1-21-16(18)15-5-3-2-4-12(15)10-17(13-6-7-13)14-8-9-22(19,20)11-14/h2-5,13-14H,6-11H2,1H3. The first kappa shape index (κ1) is 15.5. The largest absolute Gasteiger partial charge is 0.465 e. The fraction of sp³-hybridized carbons (Fsp3) is 0.562. The summed E-state index contributed by atoms with van der Waals surface area (Å²) in [7, 11) is -1.53. The zero-order valence-electron chi connectivity index (χ0n) is 12.7. The molecule has 2 fully saturated rings. The van der Waals surface area contributed by atoms with E-state index in [9.17, 15) is 13.2 Å². The quantitative estimate of drug-likeness (QED) is 0.771. The van der Waals surface area contributed by atoms with Gasteiger partial charge in [0.05, 0.1) is 24.2 Å². The van der Waals surface area contributed by atoms with Crippen LogP contribution in [-0.4, -0.2) is 50.0 Å². The summed E-state index contributed by atoms with van der Waals surface area (Å²) in [6.07, 6.45) is 2.91. The molecule has 22 heavy (non-hydrogen) atoms. The Morgan fingerprint density at radius 3 is 2.55 bits per heavy atom. The van der Waals surface area contributed by atoms with Gasteiger partial charge in [-0.05, 0) is 30.9 Å². The van der Waals surface area contributed by atoms with E-state index in [4.69, 9.17) is 4.74 Å². The number of esters is 1. The van der Waals surface area contributed by atoms with Crippen LogP contribution in [0.1, 0.15) is 35.2 Å². The minimum Gasteiger partial charge on any atom is -0.465 e. The Morgan fingerprint density at radius 2 is 1.95 bits per heavy atom. The molecule has 1 aliphatic carbocycles. The highest BCUT2D eigenvalue weighted by atomic mass is 32.2. The number of carbonyl (C=O) groups is 1. The van der Waals surface area contributed by atoms with Crippen molar-refractivity contribution in [1.29, 1.82) is 0 Å². The zero-order valence-corrected chi connectivity index (χ0v) is 13.5. The average Bonchev–Trinajstić information content (AvgIpc) is 3.28. The Kier molecular flexibility index (Phi) is 4.23. The van der Waals surface area contributed by atoms with Crippen molar-refractivity contribution >= 4 is 15.8 Å². The molecule has 1 aromatic rings. The van der Waals surface area contributed by atoms with Gasteiger partial charge < -0.3 is 4.74 Å². The second-order valence-corrected chi connectivity index (χ2v) is 8.34. The Labute approximate surface area is 131 Å². The Balaban J connectivity index is 1.82. The molecule has 1 heterocycles. The predicted molar refractivity (Wildman–Crippen MR) is 83.4 cm³/mol. The van der Waals surface area contributed by atoms with Gasteiger partial charge in [-0.1, -0.05) is 18.2 Å². The lowest BCUT2D eigenvalue weighted by Gasteiger charge is -2.28. The number of carbonyl (C=O) groups excluding carboxylic acids is 1. The van der Waals surface area contributed by atoms with Gasteiger partial charge in [-0.3, -0.25) is 4.90 Å². The minimum absolute atomic E-state index is 0.0724. The fourth-order valence-electron chi connectivity index (χ4n) is 3.16. The van der Waals surface area contributed by atoms with Crippen molar-refractivity contribution in [3.8, 4) is 0 Å². The Morgan fingerprint density at radius 1 is 1.23 bits per heavy atom. The molecule has 0 amide bonds. The topological polar surface area (TPSA) is 63.7 Å². The van der Waals surface area contributed by atoms with Crippen molar-refractivity contribution in [2.45, 2.75) is 37.9 Å².